The molecule has 0 fully saturated rings. The Hall–Kier alpha value is -1.52. The topological polar surface area (TPSA) is 65.5 Å². The molecular formula is C7H12N4O. The molecular weight excluding hydrogens is 156 g/mol. The first-order valence-corrected chi connectivity index (χ1v) is 3.80. The van der Waals surface area contributed by atoms with E-state index in [0.29, 0.717) is 6.54 Å². The highest BCUT2D eigenvalue weighted by atomic mass is 16.2. The lowest BCUT2D eigenvalue weighted by Gasteiger charge is -2.04. The van der Waals surface area contributed by atoms with Crippen molar-refractivity contribution in [2.24, 2.45) is 4.99 Å². The second-order valence-electron chi connectivity index (χ2n) is 2.25. The molecule has 2 amide bonds. The van der Waals surface area contributed by atoms with E-state index >= 15 is 0 Å². The van der Waals surface area contributed by atoms with Gasteiger partial charge in [0.25, 0.3) is 0 Å². The molecule has 0 spiro atoms. The van der Waals surface area contributed by atoms with Crippen LogP contribution in [0.25, 0.3) is 0 Å². The molecule has 2 rings (SSSR count). The number of nitrogens with zero attached hydrogens (tertiary/aromatic N) is 1. The van der Waals surface area contributed by atoms with Crippen molar-refractivity contribution in [3.8, 4) is 0 Å². The smallest absolute Gasteiger partial charge is 0.319 e. The van der Waals surface area contributed by atoms with Crippen molar-refractivity contribution in [3.05, 3.63) is 12.3 Å². The molecule has 0 bridgehead atoms. The Morgan fingerprint density at radius 2 is 2.42 bits per heavy atom. The van der Waals surface area contributed by atoms with Gasteiger partial charge in [-0.2, -0.15) is 0 Å². The normalized spacial score (nSPS) is 18.5. The van der Waals surface area contributed by atoms with Gasteiger partial charge in [0.15, 0.2) is 0 Å². The average molecular weight is 168 g/mol. The minimum absolute atomic E-state index is 0.123. The Kier molecular flexibility index (Phi) is 3.70. The van der Waals surface area contributed by atoms with Gasteiger partial charge >= 0.3 is 6.03 Å². The van der Waals surface area contributed by atoms with Crippen molar-refractivity contribution in [2.45, 2.75) is 0 Å². The predicted octanol–water partition coefficient (Wildman–Crippen LogP) is -0.569. The molecule has 5 heteroatoms. The van der Waals surface area contributed by atoms with Crippen LogP contribution in [0.3, 0.4) is 0 Å². The summed E-state index contributed by atoms with van der Waals surface area (Å²) in [6, 6.07) is -0.123. The molecule has 12 heavy (non-hydrogen) atoms. The van der Waals surface area contributed by atoms with Gasteiger partial charge < -0.3 is 16.0 Å². The number of hydrogen-bond donors (Lipinski definition) is 3. The van der Waals surface area contributed by atoms with Gasteiger partial charge in [0.1, 0.15) is 0 Å². The van der Waals surface area contributed by atoms with Crippen LogP contribution in [0.15, 0.2) is 17.3 Å². The molecule has 66 valence electrons. The molecule has 2 aliphatic heterocycles. The summed E-state index contributed by atoms with van der Waals surface area (Å²) in [7, 11) is 0. The van der Waals surface area contributed by atoms with Gasteiger partial charge in [-0.15, -0.1) is 0 Å². The Balaban J connectivity index is 0.000000127. The Bertz CT molecular complexity index is 194. The molecule has 0 aromatic rings. The van der Waals surface area contributed by atoms with Gasteiger partial charge in [-0.25, -0.2) is 4.79 Å². The van der Waals surface area contributed by atoms with Crippen LogP contribution in [0.2, 0.25) is 0 Å². The zero-order chi connectivity index (χ0) is 8.65. The maximum atomic E-state index is 10.2. The van der Waals surface area contributed by atoms with E-state index in [1.807, 2.05) is 6.08 Å². The van der Waals surface area contributed by atoms with Crippen molar-refractivity contribution >= 4 is 12.4 Å². The zero-order valence-electron chi connectivity index (χ0n) is 6.71. The number of nitrogens with one attached hydrogen (secondary N) is 3. The van der Waals surface area contributed by atoms with Gasteiger partial charge in [0.05, 0.1) is 12.9 Å². The van der Waals surface area contributed by atoms with Gasteiger partial charge in [-0.05, 0) is 6.08 Å². The van der Waals surface area contributed by atoms with Crippen molar-refractivity contribution in [3.63, 3.8) is 0 Å². The van der Waals surface area contributed by atoms with Crippen LogP contribution in [0, 0.1) is 0 Å². The first kappa shape index (κ1) is 8.58. The highest BCUT2D eigenvalue weighted by Crippen LogP contribution is 1.74. The summed E-state index contributed by atoms with van der Waals surface area (Å²) in [5, 5.41) is 7.93. The molecule has 0 aliphatic carbocycles. The van der Waals surface area contributed by atoms with Gasteiger partial charge in [-0.1, -0.05) is 0 Å². The predicted molar refractivity (Wildman–Crippen MR) is 47.0 cm³/mol. The summed E-state index contributed by atoms with van der Waals surface area (Å²) < 4.78 is 0. The molecule has 0 saturated heterocycles. The van der Waals surface area contributed by atoms with Gasteiger partial charge in [0.2, 0.25) is 0 Å². The van der Waals surface area contributed by atoms with Crippen LogP contribution in [-0.4, -0.2) is 32.0 Å². The molecule has 0 aromatic carbocycles. The van der Waals surface area contributed by atoms with Crippen molar-refractivity contribution in [1.82, 2.24) is 16.0 Å². The van der Waals surface area contributed by atoms with Gasteiger partial charge in [-0.3, -0.25) is 4.99 Å². The minimum Gasteiger partial charge on any atom is -0.375 e. The second kappa shape index (κ2) is 5.17. The average Bonchev–Trinajstić information content (AvgIpc) is 2.62. The molecule has 0 saturated carbocycles. The Morgan fingerprint density at radius 1 is 1.50 bits per heavy atom. The monoisotopic (exact) mass is 168 g/mol. The van der Waals surface area contributed by atoms with Crippen molar-refractivity contribution in [1.29, 1.82) is 0 Å². The zero-order valence-corrected chi connectivity index (χ0v) is 6.71. The third kappa shape index (κ3) is 3.60. The van der Waals surface area contributed by atoms with E-state index < -0.39 is 0 Å². The SMILES string of the molecule is C1=NCCN1.O=C1NC=CCN1. The number of amides is 2. The third-order valence-electron chi connectivity index (χ3n) is 1.28. The standard InChI is InChI=1S/C4H6N2O.C3H6N2/c7-4-5-2-1-3-6-4;1-2-5-3-4-1/h1-2H,3H2,(H2,5,6,7);3H,1-2H2,(H,4,5). The molecule has 2 aliphatic rings. The summed E-state index contributed by atoms with van der Waals surface area (Å²) >= 11 is 0. The molecule has 0 aromatic heterocycles. The van der Waals surface area contributed by atoms with E-state index in [2.05, 4.69) is 20.9 Å². The Labute approximate surface area is 70.9 Å². The fourth-order valence-corrected chi connectivity index (χ4v) is 0.719. The van der Waals surface area contributed by atoms with Crippen molar-refractivity contribution in [2.75, 3.05) is 19.6 Å². The molecule has 2 heterocycles. The molecule has 0 unspecified atom stereocenters. The summed E-state index contributed by atoms with van der Waals surface area (Å²) in [4.78, 5) is 14.0. The summed E-state index contributed by atoms with van der Waals surface area (Å²) in [5.74, 6) is 0. The highest BCUT2D eigenvalue weighted by molar-refractivity contribution is 5.75. The molecule has 0 atom stereocenters. The van der Waals surface area contributed by atoms with E-state index in [0.717, 1.165) is 13.1 Å². The fraction of sp³-hybridized carbons (Fsp3) is 0.429. The number of hydrogen-bond acceptors (Lipinski definition) is 3. The van der Waals surface area contributed by atoms with Crippen LogP contribution in [-0.2, 0) is 0 Å². The number of aliphatic imine (C=N–C) groups is 1. The van der Waals surface area contributed by atoms with E-state index in [4.69, 9.17) is 0 Å². The molecule has 5 nitrogen and oxygen atoms in total. The number of urea groups is 1. The van der Waals surface area contributed by atoms with Crippen LogP contribution >= 0.6 is 0 Å². The summed E-state index contributed by atoms with van der Waals surface area (Å²) in [6.07, 6.45) is 5.19. The Morgan fingerprint density at radius 3 is 2.67 bits per heavy atom. The lowest BCUT2D eigenvalue weighted by atomic mass is 10.5. The van der Waals surface area contributed by atoms with Crippen LogP contribution < -0.4 is 16.0 Å². The van der Waals surface area contributed by atoms with E-state index in [9.17, 15) is 4.79 Å². The second-order valence-corrected chi connectivity index (χ2v) is 2.25. The number of carbonyl (C=O) groups excluding carboxylic acids is 1. The number of rotatable bonds is 0. The maximum absolute atomic E-state index is 10.2. The number of carbonyl (C=O) groups is 1. The molecule has 0 radical (unpaired) electrons. The first-order valence-electron chi connectivity index (χ1n) is 3.80. The molecule has 3 N–H and O–H groups in total. The van der Waals surface area contributed by atoms with Gasteiger partial charge in [0, 0.05) is 19.3 Å². The third-order valence-corrected chi connectivity index (χ3v) is 1.28. The van der Waals surface area contributed by atoms with Crippen LogP contribution in [0.4, 0.5) is 4.79 Å². The van der Waals surface area contributed by atoms with Crippen molar-refractivity contribution < 1.29 is 4.79 Å². The maximum Gasteiger partial charge on any atom is 0.319 e. The van der Waals surface area contributed by atoms with E-state index in [1.165, 1.54) is 0 Å². The highest BCUT2D eigenvalue weighted by Gasteiger charge is 1.95. The van der Waals surface area contributed by atoms with Crippen LogP contribution in [0.1, 0.15) is 0 Å². The lowest BCUT2D eigenvalue weighted by Crippen LogP contribution is -2.35. The summed E-state index contributed by atoms with van der Waals surface area (Å²) in [5.41, 5.74) is 0. The van der Waals surface area contributed by atoms with E-state index in [-0.39, 0.29) is 6.03 Å². The van der Waals surface area contributed by atoms with E-state index in [1.54, 1.807) is 12.5 Å². The lowest BCUT2D eigenvalue weighted by molar-refractivity contribution is 0.244. The fourth-order valence-electron chi connectivity index (χ4n) is 0.719. The summed E-state index contributed by atoms with van der Waals surface area (Å²) in [6.45, 7) is 2.63. The quantitative estimate of drug-likeness (QED) is 0.453. The largest absolute Gasteiger partial charge is 0.375 e. The van der Waals surface area contributed by atoms with Crippen LogP contribution in [0.5, 0.6) is 0 Å². The first-order chi connectivity index (χ1) is 5.89. The minimum atomic E-state index is -0.123.